The number of allylic oxidation sites excluding steroid dienone is 1. The lowest BCUT2D eigenvalue weighted by Gasteiger charge is -2.34. The molecule has 0 aliphatic rings. The molecule has 29 heavy (non-hydrogen) atoms. The number of unbranched alkanes of at least 4 members (excludes halogenated alkanes) is 9. The largest absolute Gasteiger partial charge is 1.00 e. The van der Waals surface area contributed by atoms with E-state index in [1.54, 1.807) is 0 Å². The first-order valence-electron chi connectivity index (χ1n) is 12.3. The van der Waals surface area contributed by atoms with Gasteiger partial charge in [-0.05, 0) is 50.2 Å². The number of rotatable bonds is 18. The molecule has 1 unspecified atom stereocenters. The van der Waals surface area contributed by atoms with Crippen LogP contribution in [0.25, 0.3) is 0 Å². The van der Waals surface area contributed by atoms with Crippen molar-refractivity contribution in [1.29, 1.82) is 0 Å². The Balaban J connectivity index is 0.00000784. The van der Waals surface area contributed by atoms with Crippen molar-refractivity contribution in [3.05, 3.63) is 48.6 Å². The lowest BCUT2D eigenvalue weighted by atomic mass is 10.1. The van der Waals surface area contributed by atoms with Crippen LogP contribution in [0.15, 0.2) is 43.0 Å². The van der Waals surface area contributed by atoms with Crippen molar-refractivity contribution >= 4 is 7.26 Å². The van der Waals surface area contributed by atoms with Crippen LogP contribution in [0, 0.1) is 0 Å². The Morgan fingerprint density at radius 2 is 1.10 bits per heavy atom. The topological polar surface area (TPSA) is 0 Å². The summed E-state index contributed by atoms with van der Waals surface area (Å²) >= 11 is 0. The van der Waals surface area contributed by atoms with Crippen molar-refractivity contribution in [2.75, 3.05) is 18.5 Å². The molecular formula is C27H48ClP. The van der Waals surface area contributed by atoms with Crippen LogP contribution in [0.1, 0.15) is 109 Å². The maximum absolute atomic E-state index is 4.36. The Labute approximate surface area is 190 Å². The highest BCUT2D eigenvalue weighted by Crippen LogP contribution is 2.71. The van der Waals surface area contributed by atoms with Crippen LogP contribution in [0.4, 0.5) is 0 Å². The molecule has 0 fully saturated rings. The summed E-state index contributed by atoms with van der Waals surface area (Å²) in [7, 11) is -1.07. The maximum Gasteiger partial charge on any atom is 0.112 e. The molecule has 0 saturated heterocycles. The fourth-order valence-electron chi connectivity index (χ4n) is 4.64. The van der Waals surface area contributed by atoms with Gasteiger partial charge in [0.25, 0.3) is 0 Å². The van der Waals surface area contributed by atoms with Crippen LogP contribution in [0.2, 0.25) is 0 Å². The number of hydrogen-bond acceptors (Lipinski definition) is 0. The molecule has 0 saturated carbocycles. The average molecular weight is 439 g/mol. The van der Waals surface area contributed by atoms with Gasteiger partial charge in [0.05, 0.1) is 18.5 Å². The van der Waals surface area contributed by atoms with Gasteiger partial charge in [-0.3, -0.25) is 0 Å². The second-order valence-corrected chi connectivity index (χ2v) is 13.0. The fourth-order valence-corrected chi connectivity index (χ4v) is 9.96. The van der Waals surface area contributed by atoms with Gasteiger partial charge in [-0.1, -0.05) is 96.2 Å². The van der Waals surface area contributed by atoms with Crippen molar-refractivity contribution < 1.29 is 12.4 Å². The molecule has 0 amide bonds. The summed E-state index contributed by atoms with van der Waals surface area (Å²) in [5, 5.41) is 0. The summed E-state index contributed by atoms with van der Waals surface area (Å²) in [6.45, 7) is 11.3. The molecule has 0 nitrogen and oxygen atoms in total. The minimum atomic E-state index is -1.07. The molecule has 0 aromatic heterocycles. The fraction of sp³-hybridized carbons (Fsp3) is 0.704. The minimum Gasteiger partial charge on any atom is -1.00 e. The van der Waals surface area contributed by atoms with Crippen molar-refractivity contribution in [2.24, 2.45) is 0 Å². The van der Waals surface area contributed by atoms with Crippen LogP contribution >= 0.6 is 7.26 Å². The van der Waals surface area contributed by atoms with Gasteiger partial charge in [-0.2, -0.15) is 0 Å². The van der Waals surface area contributed by atoms with Gasteiger partial charge in [0.2, 0.25) is 0 Å². The van der Waals surface area contributed by atoms with Crippen molar-refractivity contribution in [3.63, 3.8) is 0 Å². The first kappa shape index (κ1) is 28.7. The summed E-state index contributed by atoms with van der Waals surface area (Å²) in [6, 6.07) is 11.3. The van der Waals surface area contributed by atoms with Crippen LogP contribution in [0.3, 0.4) is 0 Å². The van der Waals surface area contributed by atoms with E-state index in [4.69, 9.17) is 0 Å². The smallest absolute Gasteiger partial charge is 0.112 e. The molecule has 0 spiro atoms. The number of halogens is 1. The Kier molecular flexibility index (Phi) is 18.2. The molecule has 0 aliphatic heterocycles. The molecule has 2 heteroatoms. The van der Waals surface area contributed by atoms with E-state index in [0.29, 0.717) is 5.66 Å². The molecule has 1 aromatic rings. The second-order valence-electron chi connectivity index (χ2n) is 8.66. The Bertz CT molecular complexity index is 453. The van der Waals surface area contributed by atoms with Gasteiger partial charge in [0.1, 0.15) is 5.66 Å². The third kappa shape index (κ3) is 11.0. The van der Waals surface area contributed by atoms with Gasteiger partial charge >= 0.3 is 0 Å². The number of hydrogen-bond donors (Lipinski definition) is 0. The molecular weight excluding hydrogens is 391 g/mol. The first-order valence-corrected chi connectivity index (χ1v) is 14.7. The summed E-state index contributed by atoms with van der Waals surface area (Å²) in [5.41, 5.74) is 2.14. The Morgan fingerprint density at radius 1 is 0.690 bits per heavy atom. The van der Waals surface area contributed by atoms with E-state index in [2.05, 4.69) is 63.8 Å². The first-order chi connectivity index (χ1) is 13.7. The summed E-state index contributed by atoms with van der Waals surface area (Å²) < 4.78 is 0. The molecule has 0 radical (unpaired) electrons. The summed E-state index contributed by atoms with van der Waals surface area (Å²) in [5.74, 6) is 0. The standard InChI is InChI=1S/C27H48P.ClH/c1-5-9-12-18-23-28(24-19-13-10-6-2,25-20-14-11-7-3)27(8-4)26-21-16-15-17-22-26;/h8,15-17,21-22,27H,4-7,9-14,18-20,23-25H2,1-3H3;1H/q+1;/p-1. The van der Waals surface area contributed by atoms with E-state index >= 15 is 0 Å². The van der Waals surface area contributed by atoms with Crippen LogP contribution in [-0.2, 0) is 0 Å². The monoisotopic (exact) mass is 438 g/mol. The second kappa shape index (κ2) is 18.4. The minimum absolute atomic E-state index is 0. The SMILES string of the molecule is C=CC(c1ccccc1)[P+](CCCCCC)(CCCCCC)CCCCCC.[Cl-]. The molecule has 0 heterocycles. The molecule has 0 bridgehead atoms. The van der Waals surface area contributed by atoms with Gasteiger partial charge in [-0.25, -0.2) is 0 Å². The van der Waals surface area contributed by atoms with Crippen LogP contribution in [-0.4, -0.2) is 18.5 Å². The van der Waals surface area contributed by atoms with E-state index in [1.165, 1.54) is 101 Å². The lowest BCUT2D eigenvalue weighted by Crippen LogP contribution is -3.00. The molecule has 0 N–H and O–H groups in total. The zero-order valence-electron chi connectivity index (χ0n) is 19.7. The highest BCUT2D eigenvalue weighted by molar-refractivity contribution is 7.76. The predicted octanol–water partition coefficient (Wildman–Crippen LogP) is 6.68. The lowest BCUT2D eigenvalue weighted by molar-refractivity contribution is -0.00000618. The van der Waals surface area contributed by atoms with Crippen molar-refractivity contribution in [1.82, 2.24) is 0 Å². The highest BCUT2D eigenvalue weighted by atomic mass is 35.5. The highest BCUT2D eigenvalue weighted by Gasteiger charge is 2.43. The molecule has 1 aromatic carbocycles. The summed E-state index contributed by atoms with van der Waals surface area (Å²) in [6.07, 6.45) is 23.5. The molecule has 168 valence electrons. The number of benzene rings is 1. The quantitative estimate of drug-likeness (QED) is 0.136. The molecule has 1 atom stereocenters. The van der Waals surface area contributed by atoms with E-state index in [9.17, 15) is 0 Å². The molecule has 0 aliphatic carbocycles. The maximum atomic E-state index is 4.36. The van der Waals surface area contributed by atoms with Gasteiger partial charge in [0, 0.05) is 7.26 Å². The van der Waals surface area contributed by atoms with Gasteiger partial charge in [-0.15, -0.1) is 0 Å². The van der Waals surface area contributed by atoms with Crippen LogP contribution < -0.4 is 12.4 Å². The normalized spacial score (nSPS) is 12.4. The Morgan fingerprint density at radius 3 is 1.45 bits per heavy atom. The van der Waals surface area contributed by atoms with Crippen molar-refractivity contribution in [3.8, 4) is 0 Å². The van der Waals surface area contributed by atoms with Gasteiger partial charge in [0.15, 0.2) is 0 Å². The van der Waals surface area contributed by atoms with E-state index in [-0.39, 0.29) is 12.4 Å². The van der Waals surface area contributed by atoms with E-state index in [1.807, 2.05) is 0 Å². The Hall–Kier alpha value is -0.320. The van der Waals surface area contributed by atoms with Gasteiger partial charge < -0.3 is 12.4 Å². The zero-order chi connectivity index (χ0) is 20.5. The predicted molar refractivity (Wildman–Crippen MR) is 133 cm³/mol. The van der Waals surface area contributed by atoms with E-state index in [0.717, 1.165) is 0 Å². The zero-order valence-corrected chi connectivity index (χ0v) is 21.3. The van der Waals surface area contributed by atoms with Crippen molar-refractivity contribution in [2.45, 2.75) is 103 Å². The third-order valence-corrected chi connectivity index (χ3v) is 11.6. The summed E-state index contributed by atoms with van der Waals surface area (Å²) in [4.78, 5) is 0. The average Bonchev–Trinajstić information content (AvgIpc) is 2.73. The molecule has 1 rings (SSSR count). The van der Waals surface area contributed by atoms with Crippen LogP contribution in [0.5, 0.6) is 0 Å². The third-order valence-electron chi connectivity index (χ3n) is 6.33. The van der Waals surface area contributed by atoms with E-state index < -0.39 is 7.26 Å².